The monoisotopic (exact) mass is 396 g/mol. The molecule has 1 atom stereocenters. The molecule has 1 unspecified atom stereocenters. The van der Waals surface area contributed by atoms with Gasteiger partial charge in [0.1, 0.15) is 0 Å². The molecule has 2 rings (SSSR count). The average molecular weight is 397 g/mol. The summed E-state index contributed by atoms with van der Waals surface area (Å²) < 4.78 is 11.9. The van der Waals surface area contributed by atoms with E-state index in [0.29, 0.717) is 12.2 Å². The summed E-state index contributed by atoms with van der Waals surface area (Å²) in [5, 5.41) is 3.55. The highest BCUT2D eigenvalue weighted by atomic mass is 16.5. The van der Waals surface area contributed by atoms with Gasteiger partial charge in [-0.05, 0) is 65.6 Å². The molecule has 6 nitrogen and oxygen atoms in total. The predicted octanol–water partition coefficient (Wildman–Crippen LogP) is 3.12. The van der Waals surface area contributed by atoms with E-state index >= 15 is 0 Å². The van der Waals surface area contributed by atoms with Gasteiger partial charge in [-0.15, -0.1) is 0 Å². The van der Waals surface area contributed by atoms with Gasteiger partial charge in [-0.2, -0.15) is 0 Å². The van der Waals surface area contributed by atoms with E-state index in [1.54, 1.807) is 0 Å². The lowest BCUT2D eigenvalue weighted by Crippen LogP contribution is -2.47. The van der Waals surface area contributed by atoms with Crippen molar-refractivity contribution >= 4 is 5.96 Å². The Bertz CT molecular complexity index is 417. The van der Waals surface area contributed by atoms with Crippen LogP contribution in [0.4, 0.5) is 0 Å². The van der Waals surface area contributed by atoms with Crippen molar-refractivity contribution in [3.8, 4) is 0 Å². The third-order valence-electron chi connectivity index (χ3n) is 5.81. The van der Waals surface area contributed by atoms with E-state index < -0.39 is 0 Å². The van der Waals surface area contributed by atoms with E-state index in [4.69, 9.17) is 9.47 Å². The Morgan fingerprint density at radius 1 is 1.07 bits per heavy atom. The topological polar surface area (TPSA) is 49.3 Å². The van der Waals surface area contributed by atoms with Crippen LogP contribution in [-0.2, 0) is 9.47 Å². The number of nitrogens with zero attached hydrogens (tertiary/aromatic N) is 3. The molecule has 0 aliphatic carbocycles. The van der Waals surface area contributed by atoms with Crippen molar-refractivity contribution in [3.63, 3.8) is 0 Å². The number of guanidine groups is 1. The van der Waals surface area contributed by atoms with E-state index in [2.05, 4.69) is 34.2 Å². The first-order chi connectivity index (χ1) is 13.7. The molecular weight excluding hydrogens is 352 g/mol. The van der Waals surface area contributed by atoms with E-state index in [9.17, 15) is 0 Å². The van der Waals surface area contributed by atoms with Gasteiger partial charge in [0.05, 0.1) is 18.8 Å². The van der Waals surface area contributed by atoms with Crippen LogP contribution in [0.25, 0.3) is 0 Å². The Kier molecular flexibility index (Phi) is 11.9. The van der Waals surface area contributed by atoms with Gasteiger partial charge < -0.3 is 24.6 Å². The van der Waals surface area contributed by atoms with Gasteiger partial charge in [0.25, 0.3) is 0 Å². The SMILES string of the molecule is CN=C(NCCCCCCCN(C)C)N1CCC(OCC2CCCCO2)CC1. The summed E-state index contributed by atoms with van der Waals surface area (Å²) in [6, 6.07) is 0. The lowest BCUT2D eigenvalue weighted by molar-refractivity contribution is -0.0721. The average Bonchev–Trinajstić information content (AvgIpc) is 2.72. The molecule has 0 amide bonds. The van der Waals surface area contributed by atoms with Gasteiger partial charge in [0, 0.05) is 33.3 Å². The normalized spacial score (nSPS) is 22.1. The molecule has 2 saturated heterocycles. The summed E-state index contributed by atoms with van der Waals surface area (Å²) >= 11 is 0. The molecule has 0 aromatic carbocycles. The first-order valence-corrected chi connectivity index (χ1v) is 11.5. The van der Waals surface area contributed by atoms with Crippen LogP contribution in [0.5, 0.6) is 0 Å². The second-order valence-corrected chi connectivity index (χ2v) is 8.55. The van der Waals surface area contributed by atoms with Gasteiger partial charge in [0.15, 0.2) is 5.96 Å². The van der Waals surface area contributed by atoms with Crippen LogP contribution < -0.4 is 5.32 Å². The third-order valence-corrected chi connectivity index (χ3v) is 5.81. The lowest BCUT2D eigenvalue weighted by atomic mass is 10.1. The van der Waals surface area contributed by atoms with Crippen molar-refractivity contribution in [1.82, 2.24) is 15.1 Å². The summed E-state index contributed by atoms with van der Waals surface area (Å²) in [5.74, 6) is 1.06. The summed E-state index contributed by atoms with van der Waals surface area (Å²) in [6.45, 7) is 5.96. The Morgan fingerprint density at radius 2 is 1.82 bits per heavy atom. The molecule has 0 radical (unpaired) electrons. The van der Waals surface area contributed by atoms with Gasteiger partial charge in [-0.3, -0.25) is 4.99 Å². The minimum absolute atomic E-state index is 0.323. The highest BCUT2D eigenvalue weighted by Gasteiger charge is 2.23. The molecule has 2 aliphatic heterocycles. The van der Waals surface area contributed by atoms with Crippen LogP contribution in [0.3, 0.4) is 0 Å². The first kappa shape index (κ1) is 23.4. The smallest absolute Gasteiger partial charge is 0.193 e. The van der Waals surface area contributed by atoms with Gasteiger partial charge in [-0.25, -0.2) is 0 Å². The van der Waals surface area contributed by atoms with Crippen LogP contribution in [0.15, 0.2) is 4.99 Å². The minimum atomic E-state index is 0.323. The number of ether oxygens (including phenoxy) is 2. The van der Waals surface area contributed by atoms with E-state index in [-0.39, 0.29) is 0 Å². The lowest BCUT2D eigenvalue weighted by Gasteiger charge is -2.35. The van der Waals surface area contributed by atoms with E-state index in [0.717, 1.165) is 58.1 Å². The Labute approximate surface area is 173 Å². The molecule has 0 bridgehead atoms. The highest BCUT2D eigenvalue weighted by molar-refractivity contribution is 5.79. The number of hydrogen-bond acceptors (Lipinski definition) is 4. The molecule has 2 fully saturated rings. The molecule has 0 aromatic heterocycles. The highest BCUT2D eigenvalue weighted by Crippen LogP contribution is 2.18. The van der Waals surface area contributed by atoms with Crippen molar-refractivity contribution in [2.45, 2.75) is 76.4 Å². The molecule has 2 heterocycles. The first-order valence-electron chi connectivity index (χ1n) is 11.5. The van der Waals surface area contributed by atoms with Crippen molar-refractivity contribution in [1.29, 1.82) is 0 Å². The maximum atomic E-state index is 6.13. The van der Waals surface area contributed by atoms with Crippen molar-refractivity contribution < 1.29 is 9.47 Å². The van der Waals surface area contributed by atoms with Crippen LogP contribution >= 0.6 is 0 Å². The molecular formula is C22H44N4O2. The third kappa shape index (κ3) is 9.57. The Balaban J connectivity index is 1.51. The zero-order chi connectivity index (χ0) is 20.0. The Hall–Kier alpha value is -0.850. The number of piperidine rings is 1. The molecule has 28 heavy (non-hydrogen) atoms. The maximum Gasteiger partial charge on any atom is 0.193 e. The van der Waals surface area contributed by atoms with Gasteiger partial charge >= 0.3 is 0 Å². The fraction of sp³-hybridized carbons (Fsp3) is 0.955. The van der Waals surface area contributed by atoms with E-state index in [1.807, 2.05) is 7.05 Å². The standard InChI is InChI=1S/C22H44N4O2/c1-23-22(24-14-8-5-4-6-9-15-25(2)3)26-16-12-20(13-17-26)28-19-21-11-7-10-18-27-21/h20-21H,4-19H2,1-3H3,(H,23,24). The van der Waals surface area contributed by atoms with Gasteiger partial charge in [-0.1, -0.05) is 19.3 Å². The number of hydrogen-bond donors (Lipinski definition) is 1. The minimum Gasteiger partial charge on any atom is -0.376 e. The van der Waals surface area contributed by atoms with Crippen LogP contribution in [-0.4, -0.2) is 88.5 Å². The van der Waals surface area contributed by atoms with Crippen molar-refractivity contribution in [2.24, 2.45) is 4.99 Å². The van der Waals surface area contributed by atoms with Gasteiger partial charge in [0.2, 0.25) is 0 Å². The molecule has 0 spiro atoms. The largest absolute Gasteiger partial charge is 0.376 e. The molecule has 164 valence electrons. The second-order valence-electron chi connectivity index (χ2n) is 8.55. The van der Waals surface area contributed by atoms with E-state index in [1.165, 1.54) is 51.5 Å². The van der Waals surface area contributed by atoms with Crippen LogP contribution in [0.1, 0.15) is 64.2 Å². The molecule has 0 saturated carbocycles. The number of aliphatic imine (C=N–C) groups is 1. The number of likely N-dealkylation sites (tertiary alicyclic amines) is 1. The quantitative estimate of drug-likeness (QED) is 0.330. The number of nitrogens with one attached hydrogen (secondary N) is 1. The van der Waals surface area contributed by atoms with Crippen LogP contribution in [0, 0.1) is 0 Å². The second kappa shape index (κ2) is 14.2. The molecule has 0 aromatic rings. The summed E-state index contributed by atoms with van der Waals surface area (Å²) in [7, 11) is 6.19. The number of rotatable bonds is 11. The zero-order valence-electron chi connectivity index (χ0n) is 18.6. The van der Waals surface area contributed by atoms with Crippen molar-refractivity contribution in [2.75, 3.05) is 60.5 Å². The fourth-order valence-electron chi connectivity index (χ4n) is 4.03. The maximum absolute atomic E-state index is 6.13. The predicted molar refractivity (Wildman–Crippen MR) is 117 cm³/mol. The zero-order valence-corrected chi connectivity index (χ0v) is 18.6. The summed E-state index contributed by atoms with van der Waals surface area (Å²) in [4.78, 5) is 9.14. The number of unbranched alkanes of at least 4 members (excludes halogenated alkanes) is 4. The molecule has 1 N–H and O–H groups in total. The van der Waals surface area contributed by atoms with Crippen molar-refractivity contribution in [3.05, 3.63) is 0 Å². The Morgan fingerprint density at radius 3 is 2.50 bits per heavy atom. The van der Waals surface area contributed by atoms with Crippen LogP contribution in [0.2, 0.25) is 0 Å². The summed E-state index contributed by atoms with van der Waals surface area (Å²) in [5.41, 5.74) is 0. The fourth-order valence-corrected chi connectivity index (χ4v) is 4.03. The molecule has 6 heteroatoms. The molecule has 2 aliphatic rings. The summed E-state index contributed by atoms with van der Waals surface area (Å²) in [6.07, 6.45) is 13.0.